The summed E-state index contributed by atoms with van der Waals surface area (Å²) in [5, 5.41) is 23.5. The second-order valence-corrected chi connectivity index (χ2v) is 9.55. The minimum atomic E-state index is -1.65. The van der Waals surface area contributed by atoms with Crippen molar-refractivity contribution in [3.63, 3.8) is 0 Å². The van der Waals surface area contributed by atoms with Crippen molar-refractivity contribution in [2.45, 2.75) is 97.2 Å². The molecule has 1 fully saturated rings. The Morgan fingerprint density at radius 1 is 1.06 bits per heavy atom. The molecule has 1 rings (SSSR count). The Bertz CT molecular complexity index is 775. The Morgan fingerprint density at radius 3 is 2.17 bits per heavy atom. The molecule has 0 radical (unpaired) electrons. The van der Waals surface area contributed by atoms with Gasteiger partial charge >= 0.3 is 24.1 Å². The Morgan fingerprint density at radius 2 is 1.66 bits per heavy atom. The second kappa shape index (κ2) is 13.0. The Kier molecular flexibility index (Phi) is 11.0. The predicted molar refractivity (Wildman–Crippen MR) is 119 cm³/mol. The van der Waals surface area contributed by atoms with Crippen LogP contribution in [0, 0.1) is 15.5 Å². The molecule has 14 nitrogen and oxygen atoms in total. The van der Waals surface area contributed by atoms with Crippen molar-refractivity contribution in [1.29, 1.82) is 0 Å². The quantitative estimate of drug-likeness (QED) is 0.162. The number of ether oxygens (including phenoxy) is 3. The molecule has 0 bridgehead atoms. The lowest BCUT2D eigenvalue weighted by atomic mass is 9.72. The van der Waals surface area contributed by atoms with Gasteiger partial charge in [-0.3, -0.25) is 4.79 Å². The van der Waals surface area contributed by atoms with E-state index in [0.717, 1.165) is 26.2 Å². The molecule has 0 heterocycles. The normalized spacial score (nSPS) is 17.6. The molecule has 1 saturated carbocycles. The van der Waals surface area contributed by atoms with Gasteiger partial charge in [0.05, 0.1) is 6.42 Å². The third-order valence-corrected chi connectivity index (χ3v) is 5.25. The number of amides is 2. The highest BCUT2D eigenvalue weighted by Crippen LogP contribution is 2.38. The van der Waals surface area contributed by atoms with E-state index in [4.69, 9.17) is 14.2 Å². The first kappa shape index (κ1) is 29.7. The van der Waals surface area contributed by atoms with Crippen molar-refractivity contribution in [2.75, 3.05) is 6.54 Å². The van der Waals surface area contributed by atoms with Gasteiger partial charge in [-0.15, -0.1) is 10.1 Å². The fourth-order valence-corrected chi connectivity index (χ4v) is 3.75. The summed E-state index contributed by atoms with van der Waals surface area (Å²) in [6.07, 6.45) is -0.952. The van der Waals surface area contributed by atoms with Gasteiger partial charge in [-0.25, -0.2) is 14.4 Å². The summed E-state index contributed by atoms with van der Waals surface area (Å²) in [5.41, 5.74) is -1.49. The number of carboxylic acid groups (broad SMARTS) is 1. The summed E-state index contributed by atoms with van der Waals surface area (Å²) >= 11 is 0. The van der Waals surface area contributed by atoms with Crippen molar-refractivity contribution in [1.82, 2.24) is 10.6 Å². The molecule has 1 aliphatic carbocycles. The van der Waals surface area contributed by atoms with Gasteiger partial charge in [0, 0.05) is 13.5 Å². The van der Waals surface area contributed by atoms with E-state index in [2.05, 4.69) is 15.5 Å². The topological polar surface area (TPSA) is 193 Å². The van der Waals surface area contributed by atoms with E-state index < -0.39 is 58.7 Å². The summed E-state index contributed by atoms with van der Waals surface area (Å²) in [6, 6.07) is -1.65. The number of carbonyl (C=O) groups excluding carboxylic acids is 3. The van der Waals surface area contributed by atoms with Crippen molar-refractivity contribution in [3.05, 3.63) is 10.1 Å². The first-order valence-electron chi connectivity index (χ1n) is 11.3. The number of esters is 1. The molecule has 0 aliphatic heterocycles. The number of hydrogen-bond donors (Lipinski definition) is 3. The molecule has 0 aromatic rings. The molecule has 0 aromatic carbocycles. The highest BCUT2D eigenvalue weighted by molar-refractivity contribution is 5.82. The van der Waals surface area contributed by atoms with Crippen LogP contribution in [0.15, 0.2) is 0 Å². The van der Waals surface area contributed by atoms with Crippen molar-refractivity contribution < 1.29 is 48.4 Å². The Labute approximate surface area is 203 Å². The minimum Gasteiger partial charge on any atom is -0.481 e. The largest absolute Gasteiger partial charge is 0.481 e. The fraction of sp³-hybridized carbons (Fsp3) is 0.810. The van der Waals surface area contributed by atoms with E-state index in [-0.39, 0.29) is 13.0 Å². The third kappa shape index (κ3) is 11.6. The van der Waals surface area contributed by atoms with Gasteiger partial charge < -0.3 is 34.8 Å². The SMILES string of the molecule is CC(OC(=O)NCC1(CC(=O)O)CCCCC1)OC(=O)C(NC(=O)OC(C)(C)C)C(C)O[N+](=O)[O-]. The Hall–Kier alpha value is -3.32. The van der Waals surface area contributed by atoms with E-state index in [1.165, 1.54) is 6.92 Å². The van der Waals surface area contributed by atoms with Crippen LogP contribution in [0.4, 0.5) is 9.59 Å². The predicted octanol–water partition coefficient (Wildman–Crippen LogP) is 2.52. The number of carbonyl (C=O) groups is 4. The number of nitrogens with zero attached hydrogens (tertiary/aromatic N) is 1. The molecule has 35 heavy (non-hydrogen) atoms. The van der Waals surface area contributed by atoms with Gasteiger partial charge in [0.2, 0.25) is 6.29 Å². The number of alkyl carbamates (subject to hydrolysis) is 2. The molecular weight excluding hydrogens is 470 g/mol. The zero-order chi connectivity index (χ0) is 26.8. The van der Waals surface area contributed by atoms with Crippen LogP contribution in [-0.2, 0) is 28.6 Å². The number of nitrogens with one attached hydrogen (secondary N) is 2. The maximum Gasteiger partial charge on any atom is 0.410 e. The average molecular weight is 506 g/mol. The first-order valence-corrected chi connectivity index (χ1v) is 11.3. The number of carboxylic acids is 1. The number of aliphatic carboxylic acids is 1. The van der Waals surface area contributed by atoms with E-state index >= 15 is 0 Å². The Balaban J connectivity index is 2.72. The van der Waals surface area contributed by atoms with Gasteiger partial charge in [-0.05, 0) is 46.0 Å². The first-order chi connectivity index (χ1) is 16.1. The molecule has 14 heteroatoms. The summed E-state index contributed by atoms with van der Waals surface area (Å²) in [6.45, 7) is 7.22. The molecule has 3 unspecified atom stereocenters. The number of rotatable bonds is 11. The molecule has 3 N–H and O–H groups in total. The lowest BCUT2D eigenvalue weighted by molar-refractivity contribution is -0.767. The molecule has 0 spiro atoms. The molecule has 2 amide bonds. The third-order valence-electron chi connectivity index (χ3n) is 5.25. The second-order valence-electron chi connectivity index (χ2n) is 9.55. The van der Waals surface area contributed by atoms with Gasteiger partial charge in [0.1, 0.15) is 11.7 Å². The van der Waals surface area contributed by atoms with Crippen LogP contribution in [0.3, 0.4) is 0 Å². The summed E-state index contributed by atoms with van der Waals surface area (Å²) < 4.78 is 15.1. The van der Waals surface area contributed by atoms with Crippen LogP contribution in [0.25, 0.3) is 0 Å². The molecule has 3 atom stereocenters. The fourth-order valence-electron chi connectivity index (χ4n) is 3.75. The van der Waals surface area contributed by atoms with Crippen LogP contribution in [0.5, 0.6) is 0 Å². The smallest absolute Gasteiger partial charge is 0.410 e. The van der Waals surface area contributed by atoms with Gasteiger partial charge in [-0.2, -0.15) is 0 Å². The summed E-state index contributed by atoms with van der Waals surface area (Å²) in [4.78, 5) is 63.2. The summed E-state index contributed by atoms with van der Waals surface area (Å²) in [5.74, 6) is -2.13. The van der Waals surface area contributed by atoms with Crippen LogP contribution in [-0.4, -0.2) is 64.9 Å². The van der Waals surface area contributed by atoms with E-state index in [1.807, 2.05) is 0 Å². The van der Waals surface area contributed by atoms with Crippen LogP contribution in [0.2, 0.25) is 0 Å². The monoisotopic (exact) mass is 505 g/mol. The van der Waals surface area contributed by atoms with Gasteiger partial charge in [0.15, 0.2) is 6.04 Å². The maximum absolute atomic E-state index is 12.6. The van der Waals surface area contributed by atoms with E-state index in [9.17, 15) is 34.4 Å². The summed E-state index contributed by atoms with van der Waals surface area (Å²) in [7, 11) is 0. The van der Waals surface area contributed by atoms with Crippen molar-refractivity contribution in [3.8, 4) is 0 Å². The standard InChI is InChI=1S/C21H35N3O11/c1-13(35-24(30)31)16(23-19(29)34-20(3,4)5)17(27)32-14(2)33-18(28)22-12-21(11-15(25)26)9-7-6-8-10-21/h13-14,16H,6-12H2,1-5H3,(H,22,28)(H,23,29)(H,25,26). The highest BCUT2D eigenvalue weighted by Gasteiger charge is 2.36. The molecule has 200 valence electrons. The van der Waals surface area contributed by atoms with Crippen molar-refractivity contribution in [2.24, 2.45) is 5.41 Å². The maximum atomic E-state index is 12.6. The lowest BCUT2D eigenvalue weighted by Crippen LogP contribution is -2.52. The average Bonchev–Trinajstić information content (AvgIpc) is 2.68. The van der Waals surface area contributed by atoms with E-state index in [0.29, 0.717) is 12.8 Å². The van der Waals surface area contributed by atoms with Crippen LogP contribution >= 0.6 is 0 Å². The molecule has 1 aliphatic rings. The van der Waals surface area contributed by atoms with Crippen LogP contribution < -0.4 is 10.6 Å². The highest BCUT2D eigenvalue weighted by atomic mass is 17.0. The molecule has 0 saturated heterocycles. The van der Waals surface area contributed by atoms with Crippen molar-refractivity contribution >= 4 is 24.1 Å². The van der Waals surface area contributed by atoms with E-state index in [1.54, 1.807) is 20.8 Å². The zero-order valence-electron chi connectivity index (χ0n) is 20.7. The van der Waals surface area contributed by atoms with Gasteiger partial charge in [-0.1, -0.05) is 19.3 Å². The number of hydrogen-bond acceptors (Lipinski definition) is 10. The lowest BCUT2D eigenvalue weighted by Gasteiger charge is -2.36. The zero-order valence-corrected chi connectivity index (χ0v) is 20.7. The van der Waals surface area contributed by atoms with Crippen LogP contribution in [0.1, 0.15) is 73.1 Å². The minimum absolute atomic E-state index is 0.0787. The molecular formula is C21H35N3O11. The van der Waals surface area contributed by atoms with Gasteiger partial charge in [0.25, 0.3) is 5.09 Å². The molecule has 0 aromatic heterocycles.